The zero-order valence-corrected chi connectivity index (χ0v) is 11.6. The minimum atomic E-state index is 0.690. The number of rotatable bonds is 6. The molecule has 2 heteroatoms. The molecule has 0 saturated carbocycles. The van der Waals surface area contributed by atoms with E-state index < -0.39 is 0 Å². The van der Waals surface area contributed by atoms with Crippen LogP contribution in [0.4, 0.5) is 0 Å². The molecule has 1 rings (SSSR count). The second kappa shape index (κ2) is 7.29. The lowest BCUT2D eigenvalue weighted by atomic mass is 9.89. The van der Waals surface area contributed by atoms with Gasteiger partial charge >= 0.3 is 0 Å². The Hall–Kier alpha value is -0.0800. The average molecular weight is 226 g/mol. The molecule has 0 aromatic carbocycles. The van der Waals surface area contributed by atoms with Crippen molar-refractivity contribution in [2.75, 3.05) is 26.7 Å². The van der Waals surface area contributed by atoms with Crippen molar-refractivity contribution in [3.63, 3.8) is 0 Å². The highest BCUT2D eigenvalue weighted by atomic mass is 15.1. The molecule has 0 aromatic rings. The predicted octanol–water partition coefficient (Wildman–Crippen LogP) is 2.74. The molecule has 0 spiro atoms. The molecule has 0 aliphatic carbocycles. The standard InChI is InChI=1S/C14H30N2/c1-5-13(6-2)11-16-9-7-14(8-10-16)12(3)15-4/h12-15H,5-11H2,1-4H3. The summed E-state index contributed by atoms with van der Waals surface area (Å²) in [5.74, 6) is 1.81. The Morgan fingerprint density at radius 1 is 1.19 bits per heavy atom. The molecule has 1 aliphatic rings. The molecule has 0 aromatic heterocycles. The lowest BCUT2D eigenvalue weighted by Crippen LogP contribution is -2.42. The van der Waals surface area contributed by atoms with Crippen LogP contribution in [0.25, 0.3) is 0 Å². The molecule has 1 heterocycles. The van der Waals surface area contributed by atoms with Crippen LogP contribution in [0.2, 0.25) is 0 Å². The van der Waals surface area contributed by atoms with E-state index in [-0.39, 0.29) is 0 Å². The number of hydrogen-bond donors (Lipinski definition) is 1. The maximum atomic E-state index is 3.39. The minimum Gasteiger partial charge on any atom is -0.317 e. The van der Waals surface area contributed by atoms with E-state index in [1.807, 2.05) is 0 Å². The van der Waals surface area contributed by atoms with Crippen molar-refractivity contribution in [1.82, 2.24) is 10.2 Å². The van der Waals surface area contributed by atoms with Gasteiger partial charge in [-0.15, -0.1) is 0 Å². The van der Waals surface area contributed by atoms with Crippen LogP contribution < -0.4 is 5.32 Å². The van der Waals surface area contributed by atoms with Gasteiger partial charge in [0.2, 0.25) is 0 Å². The van der Waals surface area contributed by atoms with Crippen molar-refractivity contribution in [2.24, 2.45) is 11.8 Å². The van der Waals surface area contributed by atoms with Crippen LogP contribution in [0.15, 0.2) is 0 Å². The zero-order valence-electron chi connectivity index (χ0n) is 11.6. The summed E-state index contributed by atoms with van der Waals surface area (Å²) >= 11 is 0. The SMILES string of the molecule is CCC(CC)CN1CCC(C(C)NC)CC1. The van der Waals surface area contributed by atoms with Gasteiger partial charge in [0.1, 0.15) is 0 Å². The third-order valence-electron chi connectivity index (χ3n) is 4.47. The largest absolute Gasteiger partial charge is 0.317 e. The summed E-state index contributed by atoms with van der Waals surface area (Å²) in [6.45, 7) is 10.9. The van der Waals surface area contributed by atoms with Crippen molar-refractivity contribution in [3.8, 4) is 0 Å². The molecule has 16 heavy (non-hydrogen) atoms. The second-order valence-corrected chi connectivity index (χ2v) is 5.40. The molecule has 1 fully saturated rings. The first-order valence-electron chi connectivity index (χ1n) is 7.10. The quantitative estimate of drug-likeness (QED) is 0.749. The van der Waals surface area contributed by atoms with Crippen LogP contribution in [0.1, 0.15) is 46.5 Å². The number of piperidine rings is 1. The van der Waals surface area contributed by atoms with Gasteiger partial charge in [0.25, 0.3) is 0 Å². The van der Waals surface area contributed by atoms with Gasteiger partial charge in [0, 0.05) is 12.6 Å². The van der Waals surface area contributed by atoms with E-state index in [1.165, 1.54) is 45.3 Å². The molecule has 2 nitrogen and oxygen atoms in total. The van der Waals surface area contributed by atoms with Crippen LogP contribution in [-0.2, 0) is 0 Å². The van der Waals surface area contributed by atoms with E-state index in [0.29, 0.717) is 6.04 Å². The van der Waals surface area contributed by atoms with Gasteiger partial charge < -0.3 is 10.2 Å². The normalized spacial score (nSPS) is 21.6. The predicted molar refractivity (Wildman–Crippen MR) is 71.8 cm³/mol. The van der Waals surface area contributed by atoms with E-state index in [4.69, 9.17) is 0 Å². The summed E-state index contributed by atoms with van der Waals surface area (Å²) in [5, 5.41) is 3.39. The van der Waals surface area contributed by atoms with Crippen molar-refractivity contribution < 1.29 is 0 Å². The summed E-state index contributed by atoms with van der Waals surface area (Å²) in [6, 6.07) is 0.690. The summed E-state index contributed by atoms with van der Waals surface area (Å²) < 4.78 is 0. The molecule has 1 saturated heterocycles. The molecule has 0 bridgehead atoms. The number of hydrogen-bond acceptors (Lipinski definition) is 2. The Bertz CT molecular complexity index is 170. The van der Waals surface area contributed by atoms with Crippen LogP contribution in [-0.4, -0.2) is 37.6 Å². The Balaban J connectivity index is 2.26. The van der Waals surface area contributed by atoms with E-state index in [1.54, 1.807) is 0 Å². The molecule has 96 valence electrons. The first-order chi connectivity index (χ1) is 7.71. The Morgan fingerprint density at radius 3 is 2.19 bits per heavy atom. The van der Waals surface area contributed by atoms with Gasteiger partial charge in [0.05, 0.1) is 0 Å². The van der Waals surface area contributed by atoms with E-state index in [0.717, 1.165) is 11.8 Å². The zero-order chi connectivity index (χ0) is 12.0. The number of nitrogens with one attached hydrogen (secondary N) is 1. The summed E-state index contributed by atoms with van der Waals surface area (Å²) in [6.07, 6.45) is 5.43. The van der Waals surface area contributed by atoms with Crippen molar-refractivity contribution >= 4 is 0 Å². The molecule has 1 aliphatic heterocycles. The van der Waals surface area contributed by atoms with E-state index in [2.05, 4.69) is 38.0 Å². The highest BCUT2D eigenvalue weighted by Gasteiger charge is 2.23. The topological polar surface area (TPSA) is 15.3 Å². The monoisotopic (exact) mass is 226 g/mol. The second-order valence-electron chi connectivity index (χ2n) is 5.40. The maximum Gasteiger partial charge on any atom is 0.00649 e. The van der Waals surface area contributed by atoms with Gasteiger partial charge in [0.15, 0.2) is 0 Å². The van der Waals surface area contributed by atoms with Gasteiger partial charge in [-0.25, -0.2) is 0 Å². The molecule has 1 N–H and O–H groups in total. The Kier molecular flexibility index (Phi) is 6.37. The molecule has 0 radical (unpaired) electrons. The fraction of sp³-hybridized carbons (Fsp3) is 1.00. The van der Waals surface area contributed by atoms with Crippen molar-refractivity contribution in [1.29, 1.82) is 0 Å². The van der Waals surface area contributed by atoms with Gasteiger partial charge in [-0.1, -0.05) is 26.7 Å². The first-order valence-corrected chi connectivity index (χ1v) is 7.10. The van der Waals surface area contributed by atoms with Crippen molar-refractivity contribution in [2.45, 2.75) is 52.5 Å². The van der Waals surface area contributed by atoms with Crippen LogP contribution in [0.3, 0.4) is 0 Å². The fourth-order valence-corrected chi connectivity index (χ4v) is 2.78. The summed E-state index contributed by atoms with van der Waals surface area (Å²) in [5.41, 5.74) is 0. The molecular formula is C14H30N2. The lowest BCUT2D eigenvalue weighted by molar-refractivity contribution is 0.142. The van der Waals surface area contributed by atoms with Crippen LogP contribution in [0, 0.1) is 11.8 Å². The minimum absolute atomic E-state index is 0.690. The van der Waals surface area contributed by atoms with Gasteiger partial charge in [-0.05, 0) is 51.7 Å². The van der Waals surface area contributed by atoms with Gasteiger partial charge in [-0.2, -0.15) is 0 Å². The van der Waals surface area contributed by atoms with Crippen molar-refractivity contribution in [3.05, 3.63) is 0 Å². The molecule has 0 amide bonds. The third-order valence-corrected chi connectivity index (χ3v) is 4.47. The van der Waals surface area contributed by atoms with Crippen LogP contribution in [0.5, 0.6) is 0 Å². The summed E-state index contributed by atoms with van der Waals surface area (Å²) in [7, 11) is 2.08. The lowest BCUT2D eigenvalue weighted by Gasteiger charge is -2.36. The maximum absolute atomic E-state index is 3.39. The fourth-order valence-electron chi connectivity index (χ4n) is 2.78. The highest BCUT2D eigenvalue weighted by Crippen LogP contribution is 2.22. The Labute approximate surface area is 102 Å². The number of likely N-dealkylation sites (tertiary alicyclic amines) is 1. The average Bonchev–Trinajstić information content (AvgIpc) is 2.35. The summed E-state index contributed by atoms with van der Waals surface area (Å²) in [4.78, 5) is 2.68. The smallest absolute Gasteiger partial charge is 0.00649 e. The van der Waals surface area contributed by atoms with E-state index >= 15 is 0 Å². The molecular weight excluding hydrogens is 196 g/mol. The highest BCUT2D eigenvalue weighted by molar-refractivity contribution is 4.79. The number of nitrogens with zero attached hydrogens (tertiary/aromatic N) is 1. The molecule has 1 atom stereocenters. The molecule has 1 unspecified atom stereocenters. The third kappa shape index (κ3) is 4.06. The van der Waals surface area contributed by atoms with Crippen LogP contribution >= 0.6 is 0 Å². The Morgan fingerprint density at radius 2 is 1.75 bits per heavy atom. The van der Waals surface area contributed by atoms with E-state index in [9.17, 15) is 0 Å². The first kappa shape index (κ1) is 14.0. The van der Waals surface area contributed by atoms with Gasteiger partial charge in [-0.3, -0.25) is 0 Å².